The zero-order valence-corrected chi connectivity index (χ0v) is 18.2. The number of carbonyl (C=O) groups excluding carboxylic acids is 1. The fourth-order valence-corrected chi connectivity index (χ4v) is 4.19. The lowest BCUT2D eigenvalue weighted by molar-refractivity contribution is -0.272. The molecule has 2 aliphatic heterocycles. The molecule has 1 aromatic heterocycles. The van der Waals surface area contributed by atoms with Gasteiger partial charge in [0.25, 0.3) is 5.91 Å². The molecular formula is C22H20F6N2O4. The third kappa shape index (κ3) is 3.98. The Morgan fingerprint density at radius 1 is 1.24 bits per heavy atom. The lowest BCUT2D eigenvalue weighted by Crippen LogP contribution is -2.47. The second-order valence-corrected chi connectivity index (χ2v) is 8.34. The Labute approximate surface area is 190 Å². The smallest absolute Gasteiger partial charge is 0.417 e. The average Bonchev–Trinajstić information content (AvgIpc) is 3.57. The number of anilines is 1. The normalized spacial score (nSPS) is 28.6. The summed E-state index contributed by atoms with van der Waals surface area (Å²) in [4.78, 5) is 17.0. The third-order valence-corrected chi connectivity index (χ3v) is 6.37. The van der Waals surface area contributed by atoms with Crippen LogP contribution >= 0.6 is 0 Å². The number of halogens is 6. The number of methoxy groups -OCH3 is 1. The first-order valence-electron chi connectivity index (χ1n) is 10.2. The molecule has 1 amide bonds. The molecule has 2 fully saturated rings. The van der Waals surface area contributed by atoms with Crippen molar-refractivity contribution in [2.45, 2.75) is 43.8 Å². The van der Waals surface area contributed by atoms with Crippen molar-refractivity contribution >= 4 is 11.6 Å². The number of pyridine rings is 1. The van der Waals surface area contributed by atoms with Gasteiger partial charge in [-0.25, -0.2) is 8.78 Å². The maximum Gasteiger partial charge on any atom is 0.417 e. The molecule has 2 aliphatic rings. The number of nitrogens with zero attached hydrogens (tertiary/aromatic N) is 1. The number of aromatic nitrogens is 1. The lowest BCUT2D eigenvalue weighted by Gasteiger charge is -2.32. The molecule has 12 heteroatoms. The maximum absolute atomic E-state index is 14.4. The summed E-state index contributed by atoms with van der Waals surface area (Å²) in [5.41, 5.74) is -3.02. The van der Waals surface area contributed by atoms with Gasteiger partial charge >= 0.3 is 6.18 Å². The number of carbonyl (C=O) groups is 1. The molecule has 2 aromatic rings. The lowest BCUT2D eigenvalue weighted by atomic mass is 9.77. The van der Waals surface area contributed by atoms with E-state index in [-0.39, 0.29) is 17.4 Å². The fraction of sp³-hybridized carbons (Fsp3) is 0.455. The van der Waals surface area contributed by atoms with Crippen LogP contribution in [0.25, 0.3) is 0 Å². The Kier molecular flexibility index (Phi) is 6.01. The number of hydrogen-bond acceptors (Lipinski definition) is 5. The van der Waals surface area contributed by atoms with Crippen LogP contribution in [-0.2, 0) is 14.3 Å². The van der Waals surface area contributed by atoms with Crippen molar-refractivity contribution < 1.29 is 45.3 Å². The number of rotatable bonds is 5. The molecule has 5 atom stereocenters. The van der Waals surface area contributed by atoms with Crippen LogP contribution in [0, 0.1) is 23.4 Å². The first kappa shape index (κ1) is 24.3. The molecule has 0 aliphatic carbocycles. The van der Waals surface area contributed by atoms with E-state index in [9.17, 15) is 31.1 Å². The van der Waals surface area contributed by atoms with Crippen molar-refractivity contribution in [3.63, 3.8) is 0 Å². The Balaban J connectivity index is 1.75. The van der Waals surface area contributed by atoms with Crippen LogP contribution < -0.4 is 10.1 Å². The summed E-state index contributed by atoms with van der Waals surface area (Å²) in [5.74, 6) is -8.21. The van der Waals surface area contributed by atoms with Crippen LogP contribution in [0.3, 0.4) is 0 Å². The summed E-state index contributed by atoms with van der Waals surface area (Å²) in [7, 11) is 1.02. The van der Waals surface area contributed by atoms with Crippen LogP contribution in [0.4, 0.5) is 32.0 Å². The second-order valence-electron chi connectivity index (χ2n) is 8.34. The number of alkyl halides is 3. The molecule has 0 spiro atoms. The van der Waals surface area contributed by atoms with E-state index in [1.807, 2.05) is 0 Å². The first-order chi connectivity index (χ1) is 15.9. The van der Waals surface area contributed by atoms with Gasteiger partial charge in [-0.3, -0.25) is 9.78 Å². The van der Waals surface area contributed by atoms with Gasteiger partial charge in [0.05, 0.1) is 31.3 Å². The van der Waals surface area contributed by atoms with Gasteiger partial charge in [-0.15, -0.1) is 0 Å². The summed E-state index contributed by atoms with van der Waals surface area (Å²) in [6, 6.07) is 2.97. The summed E-state index contributed by atoms with van der Waals surface area (Å²) in [6.07, 6.45) is -6.27. The fourth-order valence-electron chi connectivity index (χ4n) is 4.19. The predicted octanol–water partition coefficient (Wildman–Crippen LogP) is 4.66. The van der Waals surface area contributed by atoms with Gasteiger partial charge in [0.1, 0.15) is 12.2 Å². The highest BCUT2D eigenvalue weighted by Gasteiger charge is 2.66. The van der Waals surface area contributed by atoms with E-state index < -0.39 is 58.8 Å². The molecule has 1 aromatic carbocycles. The molecule has 184 valence electrons. The Bertz CT molecular complexity index is 1120. The molecule has 3 heterocycles. The molecule has 0 unspecified atom stereocenters. The van der Waals surface area contributed by atoms with Crippen molar-refractivity contribution in [3.05, 3.63) is 53.1 Å². The SMILES string of the molecule is COc1c([C@H]2[C@H](C(=O)Nc3cc([C@H]4CO4)ncc3F)O[C@@](C)(C(F)(F)F)[C@H]2C)ccc(F)c1F. The predicted molar refractivity (Wildman–Crippen MR) is 106 cm³/mol. The van der Waals surface area contributed by atoms with Crippen LogP contribution in [0.2, 0.25) is 0 Å². The monoisotopic (exact) mass is 490 g/mol. The van der Waals surface area contributed by atoms with Gasteiger partial charge in [0, 0.05) is 17.4 Å². The van der Waals surface area contributed by atoms with Gasteiger partial charge in [-0.1, -0.05) is 13.0 Å². The molecule has 4 rings (SSSR count). The molecule has 0 saturated carbocycles. The number of ether oxygens (including phenoxy) is 3. The molecule has 2 saturated heterocycles. The summed E-state index contributed by atoms with van der Waals surface area (Å²) < 4.78 is 99.6. The van der Waals surface area contributed by atoms with E-state index in [0.29, 0.717) is 12.3 Å². The van der Waals surface area contributed by atoms with Crippen molar-refractivity contribution in [1.29, 1.82) is 0 Å². The van der Waals surface area contributed by atoms with Crippen molar-refractivity contribution in [2.75, 3.05) is 19.0 Å². The Morgan fingerprint density at radius 3 is 2.50 bits per heavy atom. The molecular weight excluding hydrogens is 470 g/mol. The topological polar surface area (TPSA) is 73.0 Å². The van der Waals surface area contributed by atoms with E-state index in [0.717, 1.165) is 32.4 Å². The van der Waals surface area contributed by atoms with Crippen LogP contribution in [-0.4, -0.2) is 42.5 Å². The van der Waals surface area contributed by atoms with E-state index in [2.05, 4.69) is 10.3 Å². The highest BCUT2D eigenvalue weighted by Crippen LogP contribution is 2.55. The highest BCUT2D eigenvalue weighted by atomic mass is 19.4. The Morgan fingerprint density at radius 2 is 1.91 bits per heavy atom. The van der Waals surface area contributed by atoms with E-state index >= 15 is 0 Å². The number of epoxide rings is 1. The van der Waals surface area contributed by atoms with Gasteiger partial charge in [0.2, 0.25) is 5.82 Å². The second kappa shape index (κ2) is 8.42. The quantitative estimate of drug-likeness (QED) is 0.488. The number of nitrogens with one attached hydrogen (secondary N) is 1. The largest absolute Gasteiger partial charge is 0.493 e. The zero-order chi connectivity index (χ0) is 25.0. The van der Waals surface area contributed by atoms with E-state index in [1.165, 1.54) is 13.0 Å². The zero-order valence-electron chi connectivity index (χ0n) is 18.2. The van der Waals surface area contributed by atoms with Crippen molar-refractivity contribution in [2.24, 2.45) is 5.92 Å². The van der Waals surface area contributed by atoms with Gasteiger partial charge in [-0.05, 0) is 19.1 Å². The summed E-state index contributed by atoms with van der Waals surface area (Å²) in [6.45, 7) is 2.30. The number of hydrogen-bond donors (Lipinski definition) is 1. The molecule has 0 bridgehead atoms. The van der Waals surface area contributed by atoms with E-state index in [4.69, 9.17) is 14.2 Å². The third-order valence-electron chi connectivity index (χ3n) is 6.37. The van der Waals surface area contributed by atoms with Gasteiger partial charge in [-0.2, -0.15) is 17.6 Å². The van der Waals surface area contributed by atoms with Crippen LogP contribution in [0.5, 0.6) is 5.75 Å². The molecule has 1 N–H and O–H groups in total. The summed E-state index contributed by atoms with van der Waals surface area (Å²) in [5, 5.41) is 2.24. The minimum atomic E-state index is -4.91. The standard InChI is InChI=1S/C22H20F6N2O4/c1-9-16(10-4-5-11(23)17(25)18(10)32-3)19(34-21(9,2)22(26,27)28)20(31)30-13-6-14(15-8-33-15)29-7-12(13)24/h4-7,9,15-16,19H,8H2,1-3H3,(H,29,30,31)/t9-,15+,16-,19+,21+/m0/s1. The molecule has 6 nitrogen and oxygen atoms in total. The van der Waals surface area contributed by atoms with Gasteiger partial charge in [0.15, 0.2) is 23.0 Å². The number of benzene rings is 1. The highest BCUT2D eigenvalue weighted by molar-refractivity contribution is 5.95. The van der Waals surface area contributed by atoms with E-state index in [1.54, 1.807) is 0 Å². The van der Waals surface area contributed by atoms with Crippen LogP contribution in [0.1, 0.15) is 37.1 Å². The molecule has 34 heavy (non-hydrogen) atoms. The average molecular weight is 490 g/mol. The van der Waals surface area contributed by atoms with Crippen LogP contribution in [0.15, 0.2) is 24.4 Å². The van der Waals surface area contributed by atoms with Crippen molar-refractivity contribution in [3.8, 4) is 5.75 Å². The minimum Gasteiger partial charge on any atom is -0.493 e. The summed E-state index contributed by atoms with van der Waals surface area (Å²) >= 11 is 0. The molecule has 0 radical (unpaired) electrons. The van der Waals surface area contributed by atoms with Crippen molar-refractivity contribution in [1.82, 2.24) is 4.98 Å². The Hall–Kier alpha value is -2.86. The van der Waals surface area contributed by atoms with Gasteiger partial charge < -0.3 is 19.5 Å². The maximum atomic E-state index is 14.4. The first-order valence-corrected chi connectivity index (χ1v) is 10.2. The minimum absolute atomic E-state index is 0.190. The number of amides is 1.